The third kappa shape index (κ3) is 6.14. The Labute approximate surface area is 111 Å². The first-order chi connectivity index (χ1) is 8.77. The molecule has 1 aliphatic rings. The van der Waals surface area contributed by atoms with Gasteiger partial charge in [-0.3, -0.25) is 0 Å². The fraction of sp³-hybridized carbons (Fsp3) is 1.00. The maximum Gasteiger partial charge on any atom is 0.0728 e. The smallest absolute Gasteiger partial charge is 0.0728 e. The molecule has 0 spiro atoms. The molecule has 0 bridgehead atoms. The van der Waals surface area contributed by atoms with Gasteiger partial charge in [-0.2, -0.15) is 0 Å². The van der Waals surface area contributed by atoms with Gasteiger partial charge >= 0.3 is 0 Å². The van der Waals surface area contributed by atoms with Crippen molar-refractivity contribution in [2.24, 2.45) is 11.7 Å². The first-order valence-electron chi connectivity index (χ1n) is 7.21. The number of rotatable bonds is 9. The summed E-state index contributed by atoms with van der Waals surface area (Å²) >= 11 is 0. The zero-order valence-corrected chi connectivity index (χ0v) is 11.9. The summed E-state index contributed by atoms with van der Waals surface area (Å²) in [5, 5.41) is 0. The number of hydrogen-bond donors (Lipinski definition) is 1. The number of hydrogen-bond acceptors (Lipinski definition) is 4. The molecule has 4 nitrogen and oxygen atoms in total. The Bertz CT molecular complexity index is 201. The zero-order chi connectivity index (χ0) is 13.2. The van der Waals surface area contributed by atoms with Gasteiger partial charge < -0.3 is 19.9 Å². The van der Waals surface area contributed by atoms with Crippen LogP contribution in [0.1, 0.15) is 39.0 Å². The van der Waals surface area contributed by atoms with Crippen LogP contribution in [0.3, 0.4) is 0 Å². The van der Waals surface area contributed by atoms with E-state index in [1.54, 1.807) is 7.11 Å². The van der Waals surface area contributed by atoms with Crippen molar-refractivity contribution in [2.45, 2.75) is 51.2 Å². The van der Waals surface area contributed by atoms with Crippen molar-refractivity contribution in [3.63, 3.8) is 0 Å². The van der Waals surface area contributed by atoms with Crippen molar-refractivity contribution in [3.05, 3.63) is 0 Å². The topological polar surface area (TPSA) is 53.7 Å². The summed E-state index contributed by atoms with van der Waals surface area (Å²) in [7, 11) is 1.68. The van der Waals surface area contributed by atoms with Crippen molar-refractivity contribution in [3.8, 4) is 0 Å². The molecule has 1 rings (SSSR count). The molecule has 0 aromatic carbocycles. The summed E-state index contributed by atoms with van der Waals surface area (Å²) < 4.78 is 16.2. The van der Waals surface area contributed by atoms with E-state index in [1.807, 2.05) is 0 Å². The quantitative estimate of drug-likeness (QED) is 0.643. The van der Waals surface area contributed by atoms with Crippen molar-refractivity contribution in [2.75, 3.05) is 33.5 Å². The predicted molar refractivity (Wildman–Crippen MR) is 72.7 cm³/mol. The first kappa shape index (κ1) is 15.9. The van der Waals surface area contributed by atoms with E-state index in [4.69, 9.17) is 19.9 Å². The van der Waals surface area contributed by atoms with Crippen LogP contribution in [-0.4, -0.2) is 45.7 Å². The second kappa shape index (κ2) is 9.73. The van der Waals surface area contributed by atoms with E-state index in [0.717, 1.165) is 38.4 Å². The molecule has 0 saturated heterocycles. The van der Waals surface area contributed by atoms with E-state index < -0.39 is 0 Å². The molecule has 0 aliphatic heterocycles. The van der Waals surface area contributed by atoms with Crippen molar-refractivity contribution >= 4 is 0 Å². The highest BCUT2D eigenvalue weighted by atomic mass is 16.5. The Kier molecular flexibility index (Phi) is 8.59. The molecule has 1 saturated carbocycles. The summed E-state index contributed by atoms with van der Waals surface area (Å²) in [6.45, 7) is 5.07. The van der Waals surface area contributed by atoms with Gasteiger partial charge in [-0.1, -0.05) is 13.3 Å². The SMILES string of the molecule is CCC1CCC(N)C(OCCCOCCOC)C1. The Balaban J connectivity index is 2.03. The Hall–Kier alpha value is -0.160. The fourth-order valence-electron chi connectivity index (χ4n) is 2.44. The maximum atomic E-state index is 6.10. The molecule has 3 atom stereocenters. The molecule has 1 fully saturated rings. The molecular formula is C14H29NO3. The molecular weight excluding hydrogens is 230 g/mol. The lowest BCUT2D eigenvalue weighted by molar-refractivity contribution is -0.0132. The minimum absolute atomic E-state index is 0.224. The van der Waals surface area contributed by atoms with Gasteiger partial charge in [0.05, 0.1) is 19.3 Å². The van der Waals surface area contributed by atoms with Crippen LogP contribution in [-0.2, 0) is 14.2 Å². The van der Waals surface area contributed by atoms with Gasteiger partial charge in [0.2, 0.25) is 0 Å². The number of methoxy groups -OCH3 is 1. The summed E-state index contributed by atoms with van der Waals surface area (Å²) in [5.74, 6) is 0.799. The van der Waals surface area contributed by atoms with Gasteiger partial charge in [0.25, 0.3) is 0 Å². The molecule has 0 aromatic rings. The predicted octanol–water partition coefficient (Wildman–Crippen LogP) is 1.96. The van der Waals surface area contributed by atoms with Gasteiger partial charge in [0.15, 0.2) is 0 Å². The lowest BCUT2D eigenvalue weighted by atomic mass is 9.83. The summed E-state index contributed by atoms with van der Waals surface area (Å²) in [5.41, 5.74) is 6.10. The van der Waals surface area contributed by atoms with Gasteiger partial charge in [-0.25, -0.2) is 0 Å². The number of nitrogens with two attached hydrogens (primary N) is 1. The summed E-state index contributed by atoms with van der Waals surface area (Å²) in [4.78, 5) is 0. The maximum absolute atomic E-state index is 6.10. The van der Waals surface area contributed by atoms with Crippen LogP contribution in [0.25, 0.3) is 0 Å². The molecule has 0 radical (unpaired) electrons. The third-order valence-corrected chi connectivity index (χ3v) is 3.73. The molecule has 1 aliphatic carbocycles. The summed E-state index contributed by atoms with van der Waals surface area (Å²) in [6, 6.07) is 0.224. The highest BCUT2D eigenvalue weighted by Gasteiger charge is 2.27. The number of ether oxygens (including phenoxy) is 3. The van der Waals surface area contributed by atoms with Crippen LogP contribution >= 0.6 is 0 Å². The Morgan fingerprint density at radius 2 is 1.94 bits per heavy atom. The van der Waals surface area contributed by atoms with Crippen molar-refractivity contribution in [1.29, 1.82) is 0 Å². The van der Waals surface area contributed by atoms with E-state index in [-0.39, 0.29) is 12.1 Å². The Morgan fingerprint density at radius 1 is 1.11 bits per heavy atom. The van der Waals surface area contributed by atoms with Crippen LogP contribution in [0.15, 0.2) is 0 Å². The Morgan fingerprint density at radius 3 is 2.67 bits per heavy atom. The first-order valence-corrected chi connectivity index (χ1v) is 7.21. The lowest BCUT2D eigenvalue weighted by Gasteiger charge is -2.33. The van der Waals surface area contributed by atoms with Crippen LogP contribution in [0, 0.1) is 5.92 Å². The molecule has 4 heteroatoms. The van der Waals surface area contributed by atoms with Crippen molar-refractivity contribution in [1.82, 2.24) is 0 Å². The van der Waals surface area contributed by atoms with E-state index >= 15 is 0 Å². The second-order valence-corrected chi connectivity index (χ2v) is 5.12. The molecule has 108 valence electrons. The highest BCUT2D eigenvalue weighted by molar-refractivity contribution is 4.82. The van der Waals surface area contributed by atoms with Gasteiger partial charge in [0, 0.05) is 26.4 Å². The average molecular weight is 259 g/mol. The standard InChI is InChI=1S/C14H29NO3/c1-3-12-5-6-13(15)14(11-12)18-8-4-7-17-10-9-16-2/h12-14H,3-11,15H2,1-2H3. The normalized spacial score (nSPS) is 28.5. The molecule has 0 heterocycles. The molecule has 0 aromatic heterocycles. The van der Waals surface area contributed by atoms with E-state index in [9.17, 15) is 0 Å². The van der Waals surface area contributed by atoms with Crippen LogP contribution in [0.2, 0.25) is 0 Å². The second-order valence-electron chi connectivity index (χ2n) is 5.12. The zero-order valence-electron chi connectivity index (χ0n) is 11.9. The fourth-order valence-corrected chi connectivity index (χ4v) is 2.44. The van der Waals surface area contributed by atoms with Crippen LogP contribution in [0.4, 0.5) is 0 Å². The van der Waals surface area contributed by atoms with E-state index in [2.05, 4.69) is 6.92 Å². The highest BCUT2D eigenvalue weighted by Crippen LogP contribution is 2.27. The van der Waals surface area contributed by atoms with Gasteiger partial charge in [0.1, 0.15) is 0 Å². The monoisotopic (exact) mass is 259 g/mol. The minimum Gasteiger partial charge on any atom is -0.382 e. The van der Waals surface area contributed by atoms with Crippen LogP contribution in [0.5, 0.6) is 0 Å². The van der Waals surface area contributed by atoms with Gasteiger partial charge in [-0.15, -0.1) is 0 Å². The third-order valence-electron chi connectivity index (χ3n) is 3.73. The minimum atomic E-state index is 0.224. The van der Waals surface area contributed by atoms with E-state index in [0.29, 0.717) is 13.2 Å². The molecule has 18 heavy (non-hydrogen) atoms. The van der Waals surface area contributed by atoms with Crippen LogP contribution < -0.4 is 5.73 Å². The lowest BCUT2D eigenvalue weighted by Crippen LogP contribution is -2.42. The molecule has 0 amide bonds. The largest absolute Gasteiger partial charge is 0.382 e. The van der Waals surface area contributed by atoms with Crippen molar-refractivity contribution < 1.29 is 14.2 Å². The molecule has 3 unspecified atom stereocenters. The average Bonchev–Trinajstić information content (AvgIpc) is 2.39. The van der Waals surface area contributed by atoms with Gasteiger partial charge in [-0.05, 0) is 31.6 Å². The summed E-state index contributed by atoms with van der Waals surface area (Å²) in [6.07, 6.45) is 5.92. The molecule has 2 N–H and O–H groups in total. The van der Waals surface area contributed by atoms with E-state index in [1.165, 1.54) is 12.8 Å².